The van der Waals surface area contributed by atoms with Crippen molar-refractivity contribution in [3.8, 4) is 11.3 Å². The highest BCUT2D eigenvalue weighted by molar-refractivity contribution is 5.94. The topological polar surface area (TPSA) is 92.0 Å². The maximum Gasteiger partial charge on any atom is 0.330 e. The van der Waals surface area contributed by atoms with Gasteiger partial charge in [-0.15, -0.1) is 0 Å². The van der Waals surface area contributed by atoms with E-state index < -0.39 is 23.0 Å². The predicted octanol–water partition coefficient (Wildman–Crippen LogP) is 0.330. The molecule has 0 aliphatic rings. The molecule has 2 aromatic heterocycles. The second kappa shape index (κ2) is 5.48. The van der Waals surface area contributed by atoms with Gasteiger partial charge >= 0.3 is 5.69 Å². The fourth-order valence-electron chi connectivity index (χ4n) is 2.82. The number of hydrogen-bond acceptors (Lipinski definition) is 3. The number of hydrogen-bond donors (Lipinski definition) is 1. The first kappa shape index (κ1) is 15.7. The maximum atomic E-state index is 14.3. The van der Waals surface area contributed by atoms with E-state index in [1.165, 1.54) is 47.6 Å². The summed E-state index contributed by atoms with van der Waals surface area (Å²) in [5.74, 6) is -1.19. The van der Waals surface area contributed by atoms with Crippen LogP contribution in [0.5, 0.6) is 0 Å². The fourth-order valence-corrected chi connectivity index (χ4v) is 2.82. The van der Waals surface area contributed by atoms with Crippen LogP contribution in [0, 0.1) is 5.82 Å². The Labute approximate surface area is 135 Å². The summed E-state index contributed by atoms with van der Waals surface area (Å²) in [5.41, 5.74) is 4.88. The number of benzene rings is 1. The Morgan fingerprint density at radius 3 is 2.46 bits per heavy atom. The lowest BCUT2D eigenvalue weighted by molar-refractivity contribution is -0.118. The van der Waals surface area contributed by atoms with E-state index in [-0.39, 0.29) is 23.2 Å². The zero-order valence-corrected chi connectivity index (χ0v) is 13.1. The highest BCUT2D eigenvalue weighted by Gasteiger charge is 2.21. The smallest absolute Gasteiger partial charge is 0.330 e. The van der Waals surface area contributed by atoms with E-state index in [0.29, 0.717) is 5.52 Å². The number of aromatic nitrogens is 3. The molecule has 124 valence electrons. The van der Waals surface area contributed by atoms with Gasteiger partial charge in [0.15, 0.2) is 0 Å². The van der Waals surface area contributed by atoms with E-state index in [1.807, 2.05) is 0 Å². The first-order valence-electron chi connectivity index (χ1n) is 7.15. The largest absolute Gasteiger partial charge is 0.368 e. The number of amides is 1. The second-order valence-electron chi connectivity index (χ2n) is 5.52. The zero-order chi connectivity index (χ0) is 17.6. The van der Waals surface area contributed by atoms with Crippen molar-refractivity contribution in [2.24, 2.45) is 19.8 Å². The highest BCUT2D eigenvalue weighted by atomic mass is 19.1. The number of aryl methyl sites for hydroxylation is 1. The van der Waals surface area contributed by atoms with E-state index in [0.717, 1.165) is 4.57 Å². The molecule has 0 aliphatic heterocycles. The van der Waals surface area contributed by atoms with E-state index in [1.54, 1.807) is 6.07 Å². The summed E-state index contributed by atoms with van der Waals surface area (Å²) in [6, 6.07) is 5.91. The van der Waals surface area contributed by atoms with Crippen LogP contribution in [0.3, 0.4) is 0 Å². The van der Waals surface area contributed by atoms with Gasteiger partial charge in [0.1, 0.15) is 12.4 Å². The quantitative estimate of drug-likeness (QED) is 0.750. The number of primary amides is 1. The zero-order valence-electron chi connectivity index (χ0n) is 13.1. The molecule has 0 aliphatic carbocycles. The second-order valence-corrected chi connectivity index (χ2v) is 5.52. The van der Waals surface area contributed by atoms with E-state index in [2.05, 4.69) is 0 Å². The van der Waals surface area contributed by atoms with Crippen LogP contribution >= 0.6 is 0 Å². The summed E-state index contributed by atoms with van der Waals surface area (Å²) in [4.78, 5) is 36.1. The summed E-state index contributed by atoms with van der Waals surface area (Å²) < 4.78 is 17.9. The van der Waals surface area contributed by atoms with Crippen LogP contribution in [0.1, 0.15) is 0 Å². The molecule has 3 aromatic rings. The minimum atomic E-state index is -0.644. The van der Waals surface area contributed by atoms with Gasteiger partial charge in [0.05, 0.1) is 16.6 Å². The third-order valence-electron chi connectivity index (χ3n) is 3.97. The molecule has 0 saturated heterocycles. The molecule has 2 N–H and O–H groups in total. The standard InChI is InChI=1S/C16H15FN4O3/c1-19-11-7-21(8-12(18)22)14(9-5-3-4-6-10(9)17)13(11)15(23)20(2)16(19)24/h3-7H,8H2,1-2H3,(H2,18,22). The number of fused-ring (bicyclic) bond motifs is 1. The molecule has 2 heterocycles. The summed E-state index contributed by atoms with van der Waals surface area (Å²) in [6.07, 6.45) is 1.46. The Morgan fingerprint density at radius 1 is 1.17 bits per heavy atom. The van der Waals surface area contributed by atoms with E-state index in [4.69, 9.17) is 5.73 Å². The molecule has 24 heavy (non-hydrogen) atoms. The van der Waals surface area contributed by atoms with Crippen molar-refractivity contribution >= 4 is 16.8 Å². The minimum Gasteiger partial charge on any atom is -0.368 e. The van der Waals surface area contributed by atoms with Gasteiger partial charge in [-0.2, -0.15) is 0 Å². The van der Waals surface area contributed by atoms with Crippen LogP contribution < -0.4 is 17.0 Å². The van der Waals surface area contributed by atoms with Crippen molar-refractivity contribution in [2.45, 2.75) is 6.54 Å². The molecule has 1 amide bonds. The van der Waals surface area contributed by atoms with Crippen LogP contribution in [0.15, 0.2) is 40.1 Å². The number of halogens is 1. The molecule has 0 saturated carbocycles. The average Bonchev–Trinajstić information content (AvgIpc) is 2.90. The first-order chi connectivity index (χ1) is 11.3. The number of nitrogens with zero attached hydrogens (tertiary/aromatic N) is 3. The Balaban J connectivity index is 2.54. The molecule has 1 aromatic carbocycles. The molecule has 0 unspecified atom stereocenters. The third kappa shape index (κ3) is 2.23. The van der Waals surface area contributed by atoms with E-state index >= 15 is 0 Å². The number of carbonyl (C=O) groups is 1. The minimum absolute atomic E-state index is 0.157. The molecule has 0 radical (unpaired) electrons. The van der Waals surface area contributed by atoms with Crippen LogP contribution in [0.25, 0.3) is 22.2 Å². The predicted molar refractivity (Wildman–Crippen MR) is 87.0 cm³/mol. The molecule has 0 atom stereocenters. The lowest BCUT2D eigenvalue weighted by Gasteiger charge is -2.09. The van der Waals surface area contributed by atoms with Gasteiger partial charge in [0, 0.05) is 25.9 Å². The monoisotopic (exact) mass is 330 g/mol. The summed E-state index contributed by atoms with van der Waals surface area (Å²) in [6.45, 7) is -0.240. The average molecular weight is 330 g/mol. The lowest BCUT2D eigenvalue weighted by atomic mass is 10.1. The summed E-state index contributed by atoms with van der Waals surface area (Å²) in [5, 5.41) is 0.158. The van der Waals surface area contributed by atoms with Crippen LogP contribution in [-0.4, -0.2) is 19.6 Å². The van der Waals surface area contributed by atoms with Crippen LogP contribution in [0.2, 0.25) is 0 Å². The molecule has 7 nitrogen and oxygen atoms in total. The van der Waals surface area contributed by atoms with Gasteiger partial charge in [-0.1, -0.05) is 12.1 Å². The molecular formula is C16H15FN4O3. The van der Waals surface area contributed by atoms with Gasteiger partial charge in [0.2, 0.25) is 5.91 Å². The highest BCUT2D eigenvalue weighted by Crippen LogP contribution is 2.29. The maximum absolute atomic E-state index is 14.3. The molecule has 0 bridgehead atoms. The number of rotatable bonds is 3. The van der Waals surface area contributed by atoms with Crippen molar-refractivity contribution in [3.05, 3.63) is 57.1 Å². The SMILES string of the molecule is Cn1c(=O)c2c(-c3ccccc3F)n(CC(N)=O)cc2n(C)c1=O. The van der Waals surface area contributed by atoms with Crippen molar-refractivity contribution < 1.29 is 9.18 Å². The Bertz CT molecular complexity index is 1090. The molecule has 8 heteroatoms. The normalized spacial score (nSPS) is 11.1. The van der Waals surface area contributed by atoms with E-state index in [9.17, 15) is 18.8 Å². The molecule has 0 fully saturated rings. The third-order valence-corrected chi connectivity index (χ3v) is 3.97. The van der Waals surface area contributed by atoms with Crippen molar-refractivity contribution in [1.29, 1.82) is 0 Å². The van der Waals surface area contributed by atoms with Gasteiger partial charge < -0.3 is 10.3 Å². The first-order valence-corrected chi connectivity index (χ1v) is 7.15. The number of nitrogens with two attached hydrogens (primary N) is 1. The number of carbonyl (C=O) groups excluding carboxylic acids is 1. The van der Waals surface area contributed by atoms with Crippen molar-refractivity contribution in [3.63, 3.8) is 0 Å². The van der Waals surface area contributed by atoms with Gasteiger partial charge in [-0.05, 0) is 12.1 Å². The molecule has 0 spiro atoms. The summed E-state index contributed by atoms with van der Waals surface area (Å²) in [7, 11) is 2.85. The van der Waals surface area contributed by atoms with Gasteiger partial charge in [-0.3, -0.25) is 18.7 Å². The van der Waals surface area contributed by atoms with Crippen molar-refractivity contribution in [1.82, 2.24) is 13.7 Å². The van der Waals surface area contributed by atoms with Crippen molar-refractivity contribution in [2.75, 3.05) is 0 Å². The Hall–Kier alpha value is -3.16. The van der Waals surface area contributed by atoms with Crippen LogP contribution in [-0.2, 0) is 25.4 Å². The van der Waals surface area contributed by atoms with Gasteiger partial charge in [-0.25, -0.2) is 9.18 Å². The molecule has 3 rings (SSSR count). The molecular weight excluding hydrogens is 315 g/mol. The Kier molecular flexibility index (Phi) is 3.59. The van der Waals surface area contributed by atoms with Gasteiger partial charge in [0.25, 0.3) is 5.56 Å². The Morgan fingerprint density at radius 2 is 1.83 bits per heavy atom. The fraction of sp³-hybridized carbons (Fsp3) is 0.188. The summed E-state index contributed by atoms with van der Waals surface area (Å²) >= 11 is 0. The van der Waals surface area contributed by atoms with Crippen LogP contribution in [0.4, 0.5) is 4.39 Å². The lowest BCUT2D eigenvalue weighted by Crippen LogP contribution is -2.36.